The average molecular weight is 1070 g/mol. The lowest BCUT2D eigenvalue weighted by molar-refractivity contribution is -0.139. The van der Waals surface area contributed by atoms with Crippen LogP contribution in [0.3, 0.4) is 0 Å². The van der Waals surface area contributed by atoms with Crippen molar-refractivity contribution in [3.63, 3.8) is 0 Å². The van der Waals surface area contributed by atoms with Crippen molar-refractivity contribution in [1.82, 2.24) is 50.8 Å². The van der Waals surface area contributed by atoms with E-state index in [2.05, 4.69) is 45.5 Å². The fourth-order valence-corrected chi connectivity index (χ4v) is 12.1. The van der Waals surface area contributed by atoms with Gasteiger partial charge in [0.1, 0.15) is 12.1 Å². The molecule has 6 amide bonds. The Morgan fingerprint density at radius 1 is 0.513 bits per heavy atom. The number of nitrogens with one attached hydrogen (secondary N) is 4. The van der Waals surface area contributed by atoms with Crippen LogP contribution in [0.1, 0.15) is 136 Å². The summed E-state index contributed by atoms with van der Waals surface area (Å²) in [5.41, 5.74) is 4.12. The summed E-state index contributed by atoms with van der Waals surface area (Å²) in [6.45, 7) is 6.32. The smallest absolute Gasteiger partial charge is 0.255 e. The maximum absolute atomic E-state index is 14.6. The van der Waals surface area contributed by atoms with E-state index in [1.165, 1.54) is 0 Å². The molecule has 8 rings (SSSR count). The van der Waals surface area contributed by atoms with Crippen molar-refractivity contribution in [3.05, 3.63) is 120 Å². The fourth-order valence-electron chi connectivity index (χ4n) is 12.1. The highest BCUT2D eigenvalue weighted by atomic mass is 16.2. The Balaban J connectivity index is 0.969. The van der Waals surface area contributed by atoms with Gasteiger partial charge in [-0.2, -0.15) is 0 Å². The van der Waals surface area contributed by atoms with Gasteiger partial charge in [0.05, 0.1) is 34.6 Å². The summed E-state index contributed by atoms with van der Waals surface area (Å²) in [5.74, 6) is -0.728. The molecule has 4 aromatic rings. The minimum atomic E-state index is -0.613. The molecule has 78 heavy (non-hydrogen) atoms. The molecular weight excluding hydrogens is 981 g/mol. The molecule has 16 heteroatoms. The number of carbonyl (C=O) groups excluding carboxylic acids is 6. The van der Waals surface area contributed by atoms with E-state index in [1.54, 1.807) is 64.6 Å². The number of aromatic nitrogens is 2. The third kappa shape index (κ3) is 15.0. The lowest BCUT2D eigenvalue weighted by atomic mass is 9.83. The van der Waals surface area contributed by atoms with Gasteiger partial charge in [0, 0.05) is 63.7 Å². The number of hydrogen-bond donors (Lipinski definition) is 4. The van der Waals surface area contributed by atoms with Gasteiger partial charge in [-0.1, -0.05) is 99.2 Å². The predicted molar refractivity (Wildman–Crippen MR) is 303 cm³/mol. The van der Waals surface area contributed by atoms with Gasteiger partial charge in [0.15, 0.2) is 0 Å². The minimum Gasteiger partial charge on any atom is -0.343 e. The number of carbonyl (C=O) groups is 6. The van der Waals surface area contributed by atoms with Crippen LogP contribution in [0.2, 0.25) is 0 Å². The molecule has 0 spiro atoms. The highest BCUT2D eigenvalue weighted by Crippen LogP contribution is 2.32. The van der Waals surface area contributed by atoms with Crippen LogP contribution < -0.4 is 21.3 Å². The summed E-state index contributed by atoms with van der Waals surface area (Å²) in [6, 6.07) is 24.7. The third-order valence-electron chi connectivity index (χ3n) is 17.1. The van der Waals surface area contributed by atoms with E-state index >= 15 is 0 Å². The van der Waals surface area contributed by atoms with Crippen LogP contribution >= 0.6 is 0 Å². The van der Waals surface area contributed by atoms with Gasteiger partial charge < -0.3 is 40.9 Å². The second-order valence-electron chi connectivity index (χ2n) is 22.3. The van der Waals surface area contributed by atoms with Gasteiger partial charge >= 0.3 is 0 Å². The van der Waals surface area contributed by atoms with Gasteiger partial charge in [-0.25, -0.2) is 0 Å². The molecule has 0 unspecified atom stereocenters. The van der Waals surface area contributed by atoms with Gasteiger partial charge in [-0.15, -0.1) is 0 Å². The van der Waals surface area contributed by atoms with Crippen molar-refractivity contribution < 1.29 is 28.8 Å². The van der Waals surface area contributed by atoms with Crippen molar-refractivity contribution in [3.8, 4) is 11.4 Å². The molecule has 16 nitrogen and oxygen atoms in total. The van der Waals surface area contributed by atoms with E-state index in [1.807, 2.05) is 56.0 Å². The molecule has 4 heterocycles. The number of nitrogens with zero attached hydrogens (tertiary/aromatic N) is 6. The zero-order valence-corrected chi connectivity index (χ0v) is 46.5. The molecule has 4 aliphatic rings. The van der Waals surface area contributed by atoms with Crippen molar-refractivity contribution in [1.29, 1.82) is 0 Å². The third-order valence-corrected chi connectivity index (χ3v) is 17.1. The molecular formula is C62H84N10O6. The Hall–Kier alpha value is -6.52. The lowest BCUT2D eigenvalue weighted by Crippen LogP contribution is -2.57. The Morgan fingerprint density at radius 2 is 0.897 bits per heavy atom. The quantitative estimate of drug-likeness (QED) is 0.0613. The zero-order valence-electron chi connectivity index (χ0n) is 46.5. The molecule has 2 aromatic carbocycles. The second kappa shape index (κ2) is 28.4. The molecule has 2 aliphatic carbocycles. The fraction of sp³-hybridized carbons (Fsp3) is 0.548. The maximum Gasteiger partial charge on any atom is 0.255 e. The Bertz CT molecular complexity index is 2410. The monoisotopic (exact) mass is 1060 g/mol. The first-order valence-electron chi connectivity index (χ1n) is 29.1. The van der Waals surface area contributed by atoms with E-state index in [0.29, 0.717) is 74.6 Å². The number of hydrogen-bond acceptors (Lipinski definition) is 10. The SMILES string of the molecule is CN[C@@H](C)C(=O)N[C@H](C(=O)N1CCC[C@@H]1CN(CCc1ccccc1)C(=O)c1ccc(-c2ccc(C(=O)N(CCc3ccccc3)C[C@@H]3CCCN3C(=O)[C@@H](NC(=O)[C@H](C)NC)C3CCCCC3)cn2)nc1)C1CCCCC1. The topological polar surface area (TPSA) is 189 Å². The molecule has 0 radical (unpaired) electrons. The zero-order chi connectivity index (χ0) is 55.0. The number of benzene rings is 2. The highest BCUT2D eigenvalue weighted by Gasteiger charge is 2.41. The number of amides is 6. The number of likely N-dealkylation sites (N-methyl/N-ethyl adjacent to an activating group) is 2. The summed E-state index contributed by atoms with van der Waals surface area (Å²) < 4.78 is 0. The normalized spacial score (nSPS) is 19.6. The molecule has 2 aliphatic heterocycles. The number of pyridine rings is 2. The van der Waals surface area contributed by atoms with Crippen LogP contribution in [0.25, 0.3) is 11.4 Å². The van der Waals surface area contributed by atoms with E-state index in [-0.39, 0.29) is 59.4 Å². The lowest BCUT2D eigenvalue weighted by Gasteiger charge is -2.37. The van der Waals surface area contributed by atoms with Crippen molar-refractivity contribution in [2.75, 3.05) is 53.4 Å². The summed E-state index contributed by atoms with van der Waals surface area (Å²) in [7, 11) is 3.48. The highest BCUT2D eigenvalue weighted by molar-refractivity contribution is 5.96. The molecule has 4 fully saturated rings. The minimum absolute atomic E-state index is 0.0590. The second-order valence-corrected chi connectivity index (χ2v) is 22.3. The van der Waals surface area contributed by atoms with E-state index < -0.39 is 24.2 Å². The van der Waals surface area contributed by atoms with Crippen LogP contribution in [0.5, 0.6) is 0 Å². The Labute approximate surface area is 462 Å². The summed E-state index contributed by atoms with van der Waals surface area (Å²) in [4.78, 5) is 102. The maximum atomic E-state index is 14.6. The summed E-state index contributed by atoms with van der Waals surface area (Å²) in [5, 5.41) is 12.3. The molecule has 418 valence electrons. The van der Waals surface area contributed by atoms with E-state index in [4.69, 9.17) is 9.97 Å². The summed E-state index contributed by atoms with van der Waals surface area (Å²) >= 11 is 0. The average Bonchev–Trinajstić information content (AvgIpc) is 4.21. The first-order valence-corrected chi connectivity index (χ1v) is 29.1. The van der Waals surface area contributed by atoms with Crippen LogP contribution in [-0.4, -0.2) is 155 Å². The predicted octanol–water partition coefficient (Wildman–Crippen LogP) is 6.84. The number of likely N-dealkylation sites (tertiary alicyclic amines) is 2. The largest absolute Gasteiger partial charge is 0.343 e. The van der Waals surface area contributed by atoms with Crippen LogP contribution in [-0.2, 0) is 32.0 Å². The number of rotatable bonds is 23. The first kappa shape index (κ1) is 57.6. The van der Waals surface area contributed by atoms with E-state index in [0.717, 1.165) is 101 Å². The van der Waals surface area contributed by atoms with Crippen LogP contribution in [0.4, 0.5) is 0 Å². The Morgan fingerprint density at radius 3 is 1.24 bits per heavy atom. The van der Waals surface area contributed by atoms with Crippen molar-refractivity contribution in [2.45, 2.75) is 153 Å². The van der Waals surface area contributed by atoms with Gasteiger partial charge in [-0.05, 0) is 139 Å². The van der Waals surface area contributed by atoms with Gasteiger partial charge in [0.2, 0.25) is 23.6 Å². The molecule has 2 saturated carbocycles. The van der Waals surface area contributed by atoms with Crippen molar-refractivity contribution in [2.24, 2.45) is 11.8 Å². The van der Waals surface area contributed by atoms with E-state index in [9.17, 15) is 28.8 Å². The molecule has 0 bridgehead atoms. The van der Waals surface area contributed by atoms with Crippen LogP contribution in [0.15, 0.2) is 97.3 Å². The summed E-state index contributed by atoms with van der Waals surface area (Å²) in [6.07, 6.45) is 17.5. The first-order chi connectivity index (χ1) is 37.9. The Kier molecular flexibility index (Phi) is 21.0. The molecule has 2 aromatic heterocycles. The molecule has 4 N–H and O–H groups in total. The standard InChI is InChI=1S/C62H84N10O6/c1-43(63-3)57(73)67-55(47-23-13-7-14-24-47)61(77)71-35-17-27-51(71)41-69(37-33-45-19-9-5-10-20-45)59(75)49-29-31-53(65-39-49)54-32-30-50(40-66-54)60(76)70(38-34-46-21-11-6-12-22-46)42-52-28-18-36-72(52)62(78)56(48-25-15-8-16-26-48)68-58(74)44(2)64-4/h5-6,9-12,19-22,29-32,39-40,43-44,47-48,51-52,55-56,63-64H,7-8,13-18,23-28,33-38,41-42H2,1-4H3,(H,67,73)(H,68,74)/t43-,44-,51-,52+,55-,56-/m0/s1. The molecule has 2 saturated heterocycles. The van der Waals surface area contributed by atoms with Crippen LogP contribution in [0, 0.1) is 11.8 Å². The molecule has 6 atom stereocenters. The van der Waals surface area contributed by atoms with Crippen molar-refractivity contribution >= 4 is 35.4 Å². The van der Waals surface area contributed by atoms with Gasteiger partial charge in [-0.3, -0.25) is 38.7 Å². The van der Waals surface area contributed by atoms with Gasteiger partial charge in [0.25, 0.3) is 11.8 Å².